The quantitative estimate of drug-likeness (QED) is 0.942. The molecule has 2 heterocycles. The number of hydrogen-bond donors (Lipinski definition) is 1. The molecule has 23 heavy (non-hydrogen) atoms. The summed E-state index contributed by atoms with van der Waals surface area (Å²) in [5.41, 5.74) is 1.52. The SMILES string of the molecule is O=C(O)CCC1CCN(C(=O)c2ccnc3ccccc23)CC1. The first-order chi connectivity index (χ1) is 11.1. The fourth-order valence-electron chi connectivity index (χ4n) is 3.21. The molecule has 120 valence electrons. The van der Waals surface area contributed by atoms with Gasteiger partial charge in [0, 0.05) is 31.1 Å². The van der Waals surface area contributed by atoms with E-state index in [9.17, 15) is 9.59 Å². The minimum Gasteiger partial charge on any atom is -0.481 e. The number of nitrogens with zero attached hydrogens (tertiary/aromatic N) is 2. The van der Waals surface area contributed by atoms with Crippen molar-refractivity contribution in [2.45, 2.75) is 25.7 Å². The molecule has 0 spiro atoms. The number of amides is 1. The standard InChI is InChI=1S/C18H20N2O3/c21-17(22)6-5-13-8-11-20(12-9-13)18(23)15-7-10-19-16-4-2-1-3-14(15)16/h1-4,7,10,13H,5-6,8-9,11-12H2,(H,21,22). The Morgan fingerprint density at radius 2 is 1.91 bits per heavy atom. The molecule has 0 atom stereocenters. The van der Waals surface area contributed by atoms with E-state index in [1.54, 1.807) is 12.3 Å². The van der Waals surface area contributed by atoms with E-state index in [2.05, 4.69) is 4.98 Å². The van der Waals surface area contributed by atoms with Gasteiger partial charge in [-0.1, -0.05) is 18.2 Å². The Morgan fingerprint density at radius 3 is 2.65 bits per heavy atom. The number of carboxylic acids is 1. The fraction of sp³-hybridized carbons (Fsp3) is 0.389. The molecule has 0 saturated carbocycles. The van der Waals surface area contributed by atoms with Crippen LogP contribution in [0.5, 0.6) is 0 Å². The number of likely N-dealkylation sites (tertiary alicyclic amines) is 1. The van der Waals surface area contributed by atoms with Crippen LogP contribution in [0.4, 0.5) is 0 Å². The van der Waals surface area contributed by atoms with Crippen molar-refractivity contribution in [2.75, 3.05) is 13.1 Å². The number of rotatable bonds is 4. The third kappa shape index (κ3) is 3.50. The van der Waals surface area contributed by atoms with Gasteiger partial charge in [0.15, 0.2) is 0 Å². The first-order valence-electron chi connectivity index (χ1n) is 8.00. The van der Waals surface area contributed by atoms with Gasteiger partial charge in [0.05, 0.1) is 11.1 Å². The highest BCUT2D eigenvalue weighted by molar-refractivity contribution is 6.05. The summed E-state index contributed by atoms with van der Waals surface area (Å²) in [6, 6.07) is 9.44. The van der Waals surface area contributed by atoms with Gasteiger partial charge in [-0.15, -0.1) is 0 Å². The molecular formula is C18H20N2O3. The summed E-state index contributed by atoms with van der Waals surface area (Å²) in [6.45, 7) is 1.39. The maximum atomic E-state index is 12.8. The lowest BCUT2D eigenvalue weighted by molar-refractivity contribution is -0.137. The lowest BCUT2D eigenvalue weighted by Gasteiger charge is -2.32. The summed E-state index contributed by atoms with van der Waals surface area (Å²) in [5.74, 6) is -0.295. The first kappa shape index (κ1) is 15.5. The molecule has 1 saturated heterocycles. The van der Waals surface area contributed by atoms with Crippen LogP contribution in [0.1, 0.15) is 36.0 Å². The highest BCUT2D eigenvalue weighted by Gasteiger charge is 2.24. The number of aliphatic carboxylic acids is 1. The van der Waals surface area contributed by atoms with Gasteiger partial charge in [-0.3, -0.25) is 14.6 Å². The molecule has 3 rings (SSSR count). The summed E-state index contributed by atoms with van der Waals surface area (Å²) in [4.78, 5) is 29.6. The number of aromatic nitrogens is 1. The van der Waals surface area contributed by atoms with Gasteiger partial charge < -0.3 is 10.0 Å². The maximum absolute atomic E-state index is 12.8. The highest BCUT2D eigenvalue weighted by Crippen LogP contribution is 2.25. The second-order valence-electron chi connectivity index (χ2n) is 6.04. The second-order valence-corrected chi connectivity index (χ2v) is 6.04. The zero-order chi connectivity index (χ0) is 16.2. The Hall–Kier alpha value is -2.43. The largest absolute Gasteiger partial charge is 0.481 e. The van der Waals surface area contributed by atoms with Crippen LogP contribution in [-0.2, 0) is 4.79 Å². The average Bonchev–Trinajstić information content (AvgIpc) is 2.59. The normalized spacial score (nSPS) is 15.7. The van der Waals surface area contributed by atoms with Gasteiger partial charge in [-0.25, -0.2) is 0 Å². The van der Waals surface area contributed by atoms with Gasteiger partial charge in [-0.05, 0) is 37.3 Å². The molecule has 2 aromatic rings. The van der Waals surface area contributed by atoms with Crippen molar-refractivity contribution in [1.29, 1.82) is 0 Å². The number of carboxylic acid groups (broad SMARTS) is 1. The number of para-hydroxylation sites is 1. The average molecular weight is 312 g/mol. The molecule has 1 fully saturated rings. The van der Waals surface area contributed by atoms with Gasteiger partial charge >= 0.3 is 5.97 Å². The molecule has 5 nitrogen and oxygen atoms in total. The number of fused-ring (bicyclic) bond motifs is 1. The summed E-state index contributed by atoms with van der Waals surface area (Å²) in [5, 5.41) is 9.65. The Labute approximate surface area is 134 Å². The summed E-state index contributed by atoms with van der Waals surface area (Å²) in [7, 11) is 0. The third-order valence-electron chi connectivity index (χ3n) is 4.55. The van der Waals surface area contributed by atoms with Crippen LogP contribution in [0, 0.1) is 5.92 Å². The molecule has 0 unspecified atom stereocenters. The number of benzene rings is 1. The van der Waals surface area contributed by atoms with Crippen LogP contribution < -0.4 is 0 Å². The van der Waals surface area contributed by atoms with Crippen molar-refractivity contribution in [2.24, 2.45) is 5.92 Å². The van der Waals surface area contributed by atoms with E-state index in [0.717, 1.165) is 23.7 Å². The van der Waals surface area contributed by atoms with Crippen molar-refractivity contribution in [1.82, 2.24) is 9.88 Å². The maximum Gasteiger partial charge on any atom is 0.303 e. The van der Waals surface area contributed by atoms with Crippen molar-refractivity contribution < 1.29 is 14.7 Å². The molecule has 1 amide bonds. The van der Waals surface area contributed by atoms with Gasteiger partial charge in [-0.2, -0.15) is 0 Å². The number of carbonyl (C=O) groups excluding carboxylic acids is 1. The van der Waals surface area contributed by atoms with Crippen LogP contribution in [0.15, 0.2) is 36.5 Å². The predicted molar refractivity (Wildman–Crippen MR) is 87.2 cm³/mol. The van der Waals surface area contributed by atoms with E-state index in [0.29, 0.717) is 31.0 Å². The van der Waals surface area contributed by atoms with Gasteiger partial charge in [0.25, 0.3) is 5.91 Å². The first-order valence-corrected chi connectivity index (χ1v) is 8.00. The summed E-state index contributed by atoms with van der Waals surface area (Å²) >= 11 is 0. The third-order valence-corrected chi connectivity index (χ3v) is 4.55. The Balaban J connectivity index is 1.68. The molecule has 1 aliphatic rings. The monoisotopic (exact) mass is 312 g/mol. The molecule has 1 aromatic carbocycles. The summed E-state index contributed by atoms with van der Waals surface area (Å²) < 4.78 is 0. The Morgan fingerprint density at radius 1 is 1.17 bits per heavy atom. The second kappa shape index (κ2) is 6.77. The van der Waals surface area contributed by atoms with E-state index < -0.39 is 5.97 Å². The predicted octanol–water partition coefficient (Wildman–Crippen LogP) is 2.95. The van der Waals surface area contributed by atoms with Crippen molar-refractivity contribution in [3.05, 3.63) is 42.1 Å². The molecular weight excluding hydrogens is 292 g/mol. The zero-order valence-corrected chi connectivity index (χ0v) is 12.9. The van der Waals surface area contributed by atoms with E-state index in [1.165, 1.54) is 0 Å². The minimum absolute atomic E-state index is 0.0419. The number of carbonyl (C=O) groups is 2. The number of hydrogen-bond acceptors (Lipinski definition) is 3. The minimum atomic E-state index is -0.744. The van der Waals surface area contributed by atoms with Crippen molar-refractivity contribution in [3.8, 4) is 0 Å². The smallest absolute Gasteiger partial charge is 0.303 e. The highest BCUT2D eigenvalue weighted by atomic mass is 16.4. The van der Waals surface area contributed by atoms with Crippen LogP contribution >= 0.6 is 0 Å². The molecule has 0 radical (unpaired) electrons. The van der Waals surface area contributed by atoms with Crippen LogP contribution in [0.3, 0.4) is 0 Å². The molecule has 1 aromatic heterocycles. The molecule has 0 aliphatic carbocycles. The molecule has 5 heteroatoms. The van der Waals surface area contributed by atoms with Crippen LogP contribution in [-0.4, -0.2) is 40.0 Å². The topological polar surface area (TPSA) is 70.5 Å². The fourth-order valence-corrected chi connectivity index (χ4v) is 3.21. The van der Waals surface area contributed by atoms with Crippen molar-refractivity contribution >= 4 is 22.8 Å². The number of piperidine rings is 1. The van der Waals surface area contributed by atoms with Gasteiger partial charge in [0.1, 0.15) is 0 Å². The van der Waals surface area contributed by atoms with Crippen molar-refractivity contribution in [3.63, 3.8) is 0 Å². The lowest BCUT2D eigenvalue weighted by atomic mass is 9.92. The van der Waals surface area contributed by atoms with E-state index in [1.807, 2.05) is 29.2 Å². The van der Waals surface area contributed by atoms with Gasteiger partial charge in [0.2, 0.25) is 0 Å². The van der Waals surface area contributed by atoms with Crippen LogP contribution in [0.25, 0.3) is 10.9 Å². The molecule has 0 bridgehead atoms. The Kier molecular flexibility index (Phi) is 4.55. The Bertz CT molecular complexity index is 716. The lowest BCUT2D eigenvalue weighted by Crippen LogP contribution is -2.38. The van der Waals surface area contributed by atoms with E-state index in [-0.39, 0.29) is 12.3 Å². The number of pyridine rings is 1. The molecule has 1 aliphatic heterocycles. The van der Waals surface area contributed by atoms with E-state index >= 15 is 0 Å². The van der Waals surface area contributed by atoms with E-state index in [4.69, 9.17) is 5.11 Å². The zero-order valence-electron chi connectivity index (χ0n) is 12.9. The molecule has 1 N–H and O–H groups in total. The van der Waals surface area contributed by atoms with Crippen LogP contribution in [0.2, 0.25) is 0 Å². The summed E-state index contributed by atoms with van der Waals surface area (Å²) in [6.07, 6.45) is 4.35.